The lowest BCUT2D eigenvalue weighted by atomic mass is 10.4. The third kappa shape index (κ3) is 3.68. The van der Waals surface area contributed by atoms with Crippen molar-refractivity contribution in [2.75, 3.05) is 6.54 Å². The lowest BCUT2D eigenvalue weighted by Gasteiger charge is -2.07. The van der Waals surface area contributed by atoms with E-state index in [4.69, 9.17) is 0 Å². The molecule has 0 bridgehead atoms. The number of thioether (sulfide) groups is 1. The molecule has 0 saturated carbocycles. The Morgan fingerprint density at radius 1 is 1.74 bits per heavy atom. The normalized spacial score (nSPS) is 12.1. The van der Waals surface area contributed by atoms with Gasteiger partial charge in [0.05, 0.1) is 10.1 Å². The van der Waals surface area contributed by atoms with Crippen LogP contribution in [-0.4, -0.2) is 32.9 Å². The Morgan fingerprint density at radius 2 is 2.58 bits per heavy atom. The fourth-order valence-corrected chi connectivity index (χ4v) is 2.76. The van der Waals surface area contributed by atoms with Crippen molar-refractivity contribution in [1.82, 2.24) is 20.5 Å². The quantitative estimate of drug-likeness (QED) is 0.633. The zero-order valence-corrected chi connectivity index (χ0v) is 12.1. The molecule has 100 valence electrons. The van der Waals surface area contributed by atoms with Gasteiger partial charge >= 0.3 is 0 Å². The number of rotatable bonds is 6. The van der Waals surface area contributed by atoms with Gasteiger partial charge in [0.15, 0.2) is 5.82 Å². The molecule has 0 unspecified atom stereocenters. The number of hydrogen-bond donors (Lipinski definition) is 2. The van der Waals surface area contributed by atoms with Gasteiger partial charge in [-0.05, 0) is 18.4 Å². The largest absolute Gasteiger partial charge is 0.352 e. The maximum Gasteiger partial charge on any atom is 0.233 e. The third-order valence-corrected chi connectivity index (χ3v) is 4.13. The van der Waals surface area contributed by atoms with Gasteiger partial charge in [0.25, 0.3) is 0 Å². The molecule has 5 nitrogen and oxygen atoms in total. The minimum absolute atomic E-state index is 0.0487. The number of nitrogens with zero attached hydrogens (tertiary/aromatic N) is 2. The maximum absolute atomic E-state index is 11.7. The molecule has 1 amide bonds. The number of carbonyl (C=O) groups excluding carboxylic acids is 1. The van der Waals surface area contributed by atoms with Crippen LogP contribution in [0.3, 0.4) is 0 Å². The Morgan fingerprint density at radius 3 is 3.26 bits per heavy atom. The highest BCUT2D eigenvalue weighted by atomic mass is 32.2. The summed E-state index contributed by atoms with van der Waals surface area (Å²) in [6.45, 7) is 5.85. The van der Waals surface area contributed by atoms with E-state index in [0.717, 1.165) is 10.7 Å². The zero-order chi connectivity index (χ0) is 13.7. The van der Waals surface area contributed by atoms with E-state index in [1.807, 2.05) is 24.4 Å². The molecule has 2 rings (SSSR count). The van der Waals surface area contributed by atoms with E-state index in [1.54, 1.807) is 17.4 Å². The summed E-state index contributed by atoms with van der Waals surface area (Å²) in [7, 11) is 0. The molecule has 7 heteroatoms. The summed E-state index contributed by atoms with van der Waals surface area (Å²) in [5.41, 5.74) is 0. The minimum Gasteiger partial charge on any atom is -0.352 e. The molecule has 2 heterocycles. The Bertz CT molecular complexity index is 550. The van der Waals surface area contributed by atoms with Crippen molar-refractivity contribution in [3.05, 3.63) is 30.2 Å². The van der Waals surface area contributed by atoms with Crippen LogP contribution >= 0.6 is 23.1 Å². The lowest BCUT2D eigenvalue weighted by molar-refractivity contribution is -0.120. The highest BCUT2D eigenvalue weighted by Crippen LogP contribution is 2.25. The van der Waals surface area contributed by atoms with Crippen molar-refractivity contribution < 1.29 is 4.79 Å². The van der Waals surface area contributed by atoms with Gasteiger partial charge in [-0.1, -0.05) is 23.9 Å². The van der Waals surface area contributed by atoms with Crippen LogP contribution in [0.1, 0.15) is 6.92 Å². The van der Waals surface area contributed by atoms with Crippen LogP contribution in [0.5, 0.6) is 0 Å². The molecule has 2 aromatic rings. The summed E-state index contributed by atoms with van der Waals surface area (Å²) in [5.74, 6) is 0.684. The van der Waals surface area contributed by atoms with Gasteiger partial charge in [-0.2, -0.15) is 0 Å². The molecule has 19 heavy (non-hydrogen) atoms. The number of carbonyl (C=O) groups is 1. The summed E-state index contributed by atoms with van der Waals surface area (Å²) in [5, 5.41) is 12.0. The average molecular weight is 294 g/mol. The van der Waals surface area contributed by atoms with Crippen molar-refractivity contribution in [2.24, 2.45) is 0 Å². The first kappa shape index (κ1) is 13.8. The maximum atomic E-state index is 11.7. The number of aromatic nitrogens is 3. The number of nitrogens with one attached hydrogen (secondary N) is 2. The fraction of sp³-hybridized carbons (Fsp3) is 0.250. The Labute approximate surface area is 119 Å². The first-order chi connectivity index (χ1) is 9.20. The molecule has 0 aromatic carbocycles. The van der Waals surface area contributed by atoms with Crippen LogP contribution in [-0.2, 0) is 4.79 Å². The Kier molecular flexibility index (Phi) is 4.75. The van der Waals surface area contributed by atoms with Gasteiger partial charge in [0.1, 0.15) is 0 Å². The van der Waals surface area contributed by atoms with E-state index in [1.165, 1.54) is 11.8 Å². The number of aromatic amines is 1. The molecule has 0 aliphatic carbocycles. The van der Waals surface area contributed by atoms with Gasteiger partial charge in [0, 0.05) is 6.54 Å². The first-order valence-corrected chi connectivity index (χ1v) is 7.48. The molecule has 0 fully saturated rings. The van der Waals surface area contributed by atoms with E-state index in [0.29, 0.717) is 11.7 Å². The molecule has 0 spiro atoms. The average Bonchev–Trinajstić information content (AvgIpc) is 3.05. The number of H-pyrrole nitrogens is 1. The minimum atomic E-state index is -0.244. The molecular weight excluding hydrogens is 280 g/mol. The van der Waals surface area contributed by atoms with E-state index in [9.17, 15) is 4.79 Å². The summed E-state index contributed by atoms with van der Waals surface area (Å²) < 4.78 is 0. The smallest absolute Gasteiger partial charge is 0.233 e. The Hall–Kier alpha value is -1.60. The van der Waals surface area contributed by atoms with Gasteiger partial charge in [-0.25, -0.2) is 4.98 Å². The van der Waals surface area contributed by atoms with Crippen molar-refractivity contribution >= 4 is 29.0 Å². The van der Waals surface area contributed by atoms with Crippen molar-refractivity contribution in [2.45, 2.75) is 17.3 Å². The molecular formula is C12H14N4OS2. The second kappa shape index (κ2) is 6.53. The molecule has 2 N–H and O–H groups in total. The van der Waals surface area contributed by atoms with Crippen LogP contribution in [0.4, 0.5) is 0 Å². The van der Waals surface area contributed by atoms with Crippen LogP contribution in [0.2, 0.25) is 0 Å². The molecule has 1 atom stereocenters. The van der Waals surface area contributed by atoms with Crippen molar-refractivity contribution in [3.8, 4) is 10.7 Å². The number of thiophene rings is 1. The monoisotopic (exact) mass is 294 g/mol. The van der Waals surface area contributed by atoms with Gasteiger partial charge in [-0.15, -0.1) is 23.0 Å². The number of hydrogen-bond acceptors (Lipinski definition) is 5. The topological polar surface area (TPSA) is 70.7 Å². The van der Waals surface area contributed by atoms with Gasteiger partial charge in [0.2, 0.25) is 11.1 Å². The lowest BCUT2D eigenvalue weighted by Crippen LogP contribution is -2.30. The van der Waals surface area contributed by atoms with Gasteiger partial charge in [-0.3, -0.25) is 9.89 Å². The van der Waals surface area contributed by atoms with E-state index < -0.39 is 0 Å². The second-order valence-electron chi connectivity index (χ2n) is 3.74. The van der Waals surface area contributed by atoms with Gasteiger partial charge < -0.3 is 5.32 Å². The third-order valence-electron chi connectivity index (χ3n) is 2.29. The number of amides is 1. The highest BCUT2D eigenvalue weighted by Gasteiger charge is 2.16. The molecule has 0 radical (unpaired) electrons. The standard InChI is InChI=1S/C12H14N4OS2/c1-3-6-13-11(17)8(2)19-12-14-10(15-16-12)9-5-4-7-18-9/h3-5,7-8H,1,6H2,2H3,(H,13,17)(H,14,15,16)/t8-/m0/s1. The molecule has 2 aromatic heterocycles. The van der Waals surface area contributed by atoms with Crippen molar-refractivity contribution in [1.29, 1.82) is 0 Å². The van der Waals surface area contributed by atoms with Crippen LogP contribution in [0.15, 0.2) is 35.3 Å². The zero-order valence-electron chi connectivity index (χ0n) is 10.4. The summed E-state index contributed by atoms with van der Waals surface area (Å²) in [6.07, 6.45) is 1.65. The Balaban J connectivity index is 1.96. The van der Waals surface area contributed by atoms with E-state index in [2.05, 4.69) is 27.1 Å². The SMILES string of the molecule is C=CCNC(=O)[C@H](C)Sc1n[nH]c(-c2cccs2)n1. The molecule has 0 aliphatic heterocycles. The van der Waals surface area contributed by atoms with Crippen LogP contribution < -0.4 is 5.32 Å². The second-order valence-corrected chi connectivity index (χ2v) is 5.99. The molecule has 0 aliphatic rings. The fourth-order valence-electron chi connectivity index (χ4n) is 1.35. The first-order valence-electron chi connectivity index (χ1n) is 5.72. The predicted octanol–water partition coefficient (Wildman–Crippen LogP) is 2.32. The van der Waals surface area contributed by atoms with Crippen LogP contribution in [0.25, 0.3) is 10.7 Å². The summed E-state index contributed by atoms with van der Waals surface area (Å²) >= 11 is 2.92. The summed E-state index contributed by atoms with van der Waals surface area (Å²) in [6, 6.07) is 3.93. The van der Waals surface area contributed by atoms with E-state index in [-0.39, 0.29) is 11.2 Å². The molecule has 0 saturated heterocycles. The van der Waals surface area contributed by atoms with E-state index >= 15 is 0 Å². The summed E-state index contributed by atoms with van der Waals surface area (Å²) in [4.78, 5) is 17.1. The predicted molar refractivity (Wildman–Crippen MR) is 78.2 cm³/mol. The van der Waals surface area contributed by atoms with Crippen LogP contribution in [0, 0.1) is 0 Å². The van der Waals surface area contributed by atoms with Crippen molar-refractivity contribution in [3.63, 3.8) is 0 Å². The highest BCUT2D eigenvalue weighted by molar-refractivity contribution is 8.00.